The number of hydrogen-bond donors (Lipinski definition) is 0. The van der Waals surface area contributed by atoms with Crippen LogP contribution in [0.4, 0.5) is 0 Å². The topological polar surface area (TPSA) is 23.0 Å². The van der Waals surface area contributed by atoms with E-state index >= 15 is 0 Å². The molecular formula is C40H24N2O. The molecule has 200 valence electrons. The second-order valence-electron chi connectivity index (χ2n) is 11.4. The molecule has 0 bridgehead atoms. The minimum Gasteiger partial charge on any atom is -0.456 e. The lowest BCUT2D eigenvalue weighted by molar-refractivity contribution is 0.669. The SMILES string of the molecule is c1ccc(-n2c3cc4ccccc4cc3c3ccc4c5ccccc5n(-c5ccc6oc7ccccc7c6c5)c4c32)cc1. The van der Waals surface area contributed by atoms with E-state index in [4.69, 9.17) is 4.42 Å². The molecule has 3 aromatic heterocycles. The molecule has 0 aliphatic heterocycles. The van der Waals surface area contributed by atoms with E-state index in [9.17, 15) is 0 Å². The van der Waals surface area contributed by atoms with E-state index in [0.717, 1.165) is 33.3 Å². The van der Waals surface area contributed by atoms with Crippen molar-refractivity contribution in [1.29, 1.82) is 0 Å². The number of aromatic nitrogens is 2. The van der Waals surface area contributed by atoms with Crippen LogP contribution in [0.3, 0.4) is 0 Å². The van der Waals surface area contributed by atoms with Crippen LogP contribution in [0.15, 0.2) is 150 Å². The van der Waals surface area contributed by atoms with E-state index in [-0.39, 0.29) is 0 Å². The quantitative estimate of drug-likeness (QED) is 0.211. The van der Waals surface area contributed by atoms with Crippen LogP contribution in [0.25, 0.3) is 87.7 Å². The Balaban J connectivity index is 1.44. The Morgan fingerprint density at radius 2 is 0.977 bits per heavy atom. The molecule has 3 heteroatoms. The van der Waals surface area contributed by atoms with Crippen molar-refractivity contribution >= 4 is 76.3 Å². The Bertz CT molecular complexity index is 2720. The van der Waals surface area contributed by atoms with Gasteiger partial charge in [-0.25, -0.2) is 0 Å². The zero-order valence-corrected chi connectivity index (χ0v) is 23.2. The maximum absolute atomic E-state index is 6.21. The molecule has 0 aliphatic carbocycles. The standard InChI is InChI=1S/C40H24N2O/c1-2-12-27(13-3-1)41-36-23-26-11-5-4-10-25(26)22-33(36)32-20-19-31-29-14-6-8-16-35(29)42(39(31)40(32)41)28-18-21-38-34(24-28)30-15-7-9-17-37(30)43-38/h1-24H. The zero-order valence-electron chi connectivity index (χ0n) is 23.2. The summed E-state index contributed by atoms with van der Waals surface area (Å²) in [5, 5.41) is 9.74. The minimum absolute atomic E-state index is 0.904. The lowest BCUT2D eigenvalue weighted by atomic mass is 10.0. The second-order valence-corrected chi connectivity index (χ2v) is 11.4. The summed E-state index contributed by atoms with van der Waals surface area (Å²) in [5.41, 5.74) is 8.90. The van der Waals surface area contributed by atoms with Gasteiger partial charge in [0, 0.05) is 43.7 Å². The van der Waals surface area contributed by atoms with Crippen molar-refractivity contribution in [2.75, 3.05) is 0 Å². The summed E-state index contributed by atoms with van der Waals surface area (Å²) in [6.45, 7) is 0. The molecule has 0 N–H and O–H groups in total. The molecule has 0 saturated heterocycles. The van der Waals surface area contributed by atoms with E-state index in [1.54, 1.807) is 0 Å². The minimum atomic E-state index is 0.904. The third-order valence-electron chi connectivity index (χ3n) is 9.06. The fourth-order valence-electron chi connectivity index (χ4n) is 7.20. The smallest absolute Gasteiger partial charge is 0.135 e. The van der Waals surface area contributed by atoms with Crippen LogP contribution in [0, 0.1) is 0 Å². The van der Waals surface area contributed by atoms with Crippen LogP contribution in [0.1, 0.15) is 0 Å². The molecule has 0 saturated carbocycles. The lowest BCUT2D eigenvalue weighted by Gasteiger charge is -2.12. The van der Waals surface area contributed by atoms with Gasteiger partial charge in [-0.05, 0) is 65.4 Å². The average molecular weight is 549 g/mol. The monoisotopic (exact) mass is 548 g/mol. The van der Waals surface area contributed by atoms with E-state index in [0.29, 0.717) is 0 Å². The summed E-state index contributed by atoms with van der Waals surface area (Å²) in [6, 6.07) is 52.4. The summed E-state index contributed by atoms with van der Waals surface area (Å²) in [7, 11) is 0. The Morgan fingerprint density at radius 3 is 1.81 bits per heavy atom. The Morgan fingerprint density at radius 1 is 0.349 bits per heavy atom. The highest BCUT2D eigenvalue weighted by Gasteiger charge is 2.22. The highest BCUT2D eigenvalue weighted by Crippen LogP contribution is 2.43. The summed E-state index contributed by atoms with van der Waals surface area (Å²) in [5.74, 6) is 0. The van der Waals surface area contributed by atoms with Gasteiger partial charge in [0.05, 0.1) is 22.1 Å². The van der Waals surface area contributed by atoms with Gasteiger partial charge in [0.15, 0.2) is 0 Å². The predicted octanol–water partition coefficient (Wildman–Crippen LogP) is 10.9. The summed E-state index contributed by atoms with van der Waals surface area (Å²) >= 11 is 0. The van der Waals surface area contributed by atoms with Crippen molar-refractivity contribution in [3.63, 3.8) is 0 Å². The maximum Gasteiger partial charge on any atom is 0.135 e. The number of rotatable bonds is 2. The van der Waals surface area contributed by atoms with Gasteiger partial charge in [0.25, 0.3) is 0 Å². The van der Waals surface area contributed by atoms with Crippen molar-refractivity contribution in [3.05, 3.63) is 146 Å². The maximum atomic E-state index is 6.21. The summed E-state index contributed by atoms with van der Waals surface area (Å²) in [4.78, 5) is 0. The highest BCUT2D eigenvalue weighted by atomic mass is 16.3. The van der Waals surface area contributed by atoms with Crippen molar-refractivity contribution in [2.45, 2.75) is 0 Å². The third-order valence-corrected chi connectivity index (χ3v) is 9.06. The molecule has 0 radical (unpaired) electrons. The lowest BCUT2D eigenvalue weighted by Crippen LogP contribution is -1.98. The number of hydrogen-bond acceptors (Lipinski definition) is 1. The molecule has 7 aromatic carbocycles. The van der Waals surface area contributed by atoms with Crippen LogP contribution < -0.4 is 0 Å². The number of furan rings is 1. The Kier molecular flexibility index (Phi) is 4.45. The highest BCUT2D eigenvalue weighted by molar-refractivity contribution is 6.25. The average Bonchev–Trinajstić information content (AvgIpc) is 3.71. The fraction of sp³-hybridized carbons (Fsp3) is 0. The second kappa shape index (κ2) is 8.37. The normalized spacial score (nSPS) is 12.2. The molecule has 0 fully saturated rings. The number of fused-ring (bicyclic) bond motifs is 11. The molecule has 3 nitrogen and oxygen atoms in total. The molecule has 0 spiro atoms. The molecule has 43 heavy (non-hydrogen) atoms. The first-order valence-corrected chi connectivity index (χ1v) is 14.7. The summed E-state index contributed by atoms with van der Waals surface area (Å²) in [6.07, 6.45) is 0. The molecule has 0 amide bonds. The van der Waals surface area contributed by atoms with Gasteiger partial charge < -0.3 is 13.6 Å². The molecule has 0 aliphatic rings. The van der Waals surface area contributed by atoms with Crippen LogP contribution in [0.2, 0.25) is 0 Å². The summed E-state index contributed by atoms with van der Waals surface area (Å²) < 4.78 is 11.1. The van der Waals surface area contributed by atoms with Gasteiger partial charge in [-0.1, -0.05) is 91.0 Å². The molecular weight excluding hydrogens is 524 g/mol. The van der Waals surface area contributed by atoms with Crippen molar-refractivity contribution < 1.29 is 4.42 Å². The van der Waals surface area contributed by atoms with E-state index < -0.39 is 0 Å². The van der Waals surface area contributed by atoms with Gasteiger partial charge in [-0.3, -0.25) is 0 Å². The van der Waals surface area contributed by atoms with Crippen LogP contribution in [-0.4, -0.2) is 9.13 Å². The largest absolute Gasteiger partial charge is 0.456 e. The van der Waals surface area contributed by atoms with E-state index in [1.165, 1.54) is 54.4 Å². The first kappa shape index (κ1) is 22.8. The molecule has 10 rings (SSSR count). The van der Waals surface area contributed by atoms with Crippen LogP contribution in [-0.2, 0) is 0 Å². The van der Waals surface area contributed by atoms with Crippen LogP contribution in [0.5, 0.6) is 0 Å². The number of nitrogens with zero attached hydrogens (tertiary/aromatic N) is 2. The Hall–Kier alpha value is -5.80. The van der Waals surface area contributed by atoms with Gasteiger partial charge >= 0.3 is 0 Å². The number of para-hydroxylation sites is 3. The van der Waals surface area contributed by atoms with Gasteiger partial charge in [-0.15, -0.1) is 0 Å². The third kappa shape index (κ3) is 3.08. The first-order valence-electron chi connectivity index (χ1n) is 14.7. The fourth-order valence-corrected chi connectivity index (χ4v) is 7.20. The van der Waals surface area contributed by atoms with Crippen molar-refractivity contribution in [2.24, 2.45) is 0 Å². The zero-order chi connectivity index (χ0) is 28.1. The van der Waals surface area contributed by atoms with Crippen molar-refractivity contribution in [3.8, 4) is 11.4 Å². The van der Waals surface area contributed by atoms with E-state index in [1.807, 2.05) is 12.1 Å². The first-order chi connectivity index (χ1) is 21.3. The van der Waals surface area contributed by atoms with Crippen LogP contribution >= 0.6 is 0 Å². The molecule has 0 atom stereocenters. The van der Waals surface area contributed by atoms with Gasteiger partial charge in [-0.2, -0.15) is 0 Å². The molecule has 0 unspecified atom stereocenters. The van der Waals surface area contributed by atoms with Gasteiger partial charge in [0.1, 0.15) is 11.2 Å². The molecule has 10 aromatic rings. The Labute approximate surface area is 246 Å². The number of benzene rings is 7. The van der Waals surface area contributed by atoms with Gasteiger partial charge in [0.2, 0.25) is 0 Å². The van der Waals surface area contributed by atoms with Crippen molar-refractivity contribution in [1.82, 2.24) is 9.13 Å². The van der Waals surface area contributed by atoms with E-state index in [2.05, 4.69) is 143 Å². The molecule has 3 heterocycles. The predicted molar refractivity (Wildman–Crippen MR) is 180 cm³/mol.